The summed E-state index contributed by atoms with van der Waals surface area (Å²) in [7, 11) is 2.75. The summed E-state index contributed by atoms with van der Waals surface area (Å²) in [6.07, 6.45) is -1.35. The molecule has 6 heteroatoms. The molecule has 1 atom stereocenters. The number of nitrogens with one attached hydrogen (secondary N) is 1. The van der Waals surface area contributed by atoms with Crippen LogP contribution < -0.4 is 10.1 Å². The van der Waals surface area contributed by atoms with Crippen molar-refractivity contribution in [3.63, 3.8) is 0 Å². The molecule has 0 amide bonds. The molecule has 0 bridgehead atoms. The van der Waals surface area contributed by atoms with Gasteiger partial charge in [-0.25, -0.2) is 8.78 Å². The number of halogens is 2. The summed E-state index contributed by atoms with van der Waals surface area (Å²) in [6.45, 7) is -0.0168. The third kappa shape index (κ3) is 2.23. The molecule has 0 saturated carbocycles. The molecule has 0 fully saturated rings. The van der Waals surface area contributed by atoms with E-state index < -0.39 is 29.1 Å². The molecular formula is C10H13F2NO3. The molecule has 0 aliphatic heterocycles. The standard InChI is InChI=1S/C10H13F2NO3/c1-13-4-6(14)8-9(12)5(11)3-7(16-2)10(8)15/h3,6,13-15H,4H2,1-2H3. The van der Waals surface area contributed by atoms with Crippen LogP contribution >= 0.6 is 0 Å². The topological polar surface area (TPSA) is 61.7 Å². The summed E-state index contributed by atoms with van der Waals surface area (Å²) in [5.41, 5.74) is -0.508. The van der Waals surface area contributed by atoms with Crippen LogP contribution in [0.5, 0.6) is 11.5 Å². The van der Waals surface area contributed by atoms with E-state index in [1.165, 1.54) is 14.2 Å². The number of phenolic OH excluding ortho intramolecular Hbond substituents is 1. The molecule has 0 heterocycles. The van der Waals surface area contributed by atoms with Crippen molar-refractivity contribution in [1.82, 2.24) is 5.32 Å². The fourth-order valence-electron chi connectivity index (χ4n) is 1.37. The Labute approximate surface area is 91.5 Å². The number of aliphatic hydroxyl groups is 1. The molecule has 0 saturated heterocycles. The number of ether oxygens (including phenoxy) is 1. The second-order valence-corrected chi connectivity index (χ2v) is 3.21. The van der Waals surface area contributed by atoms with Gasteiger partial charge in [0.2, 0.25) is 0 Å². The van der Waals surface area contributed by atoms with Gasteiger partial charge in [0.25, 0.3) is 0 Å². The van der Waals surface area contributed by atoms with Crippen molar-refractivity contribution in [1.29, 1.82) is 0 Å². The maximum atomic E-state index is 13.4. The smallest absolute Gasteiger partial charge is 0.168 e. The van der Waals surface area contributed by atoms with Gasteiger partial charge in [0.15, 0.2) is 23.1 Å². The molecule has 16 heavy (non-hydrogen) atoms. The van der Waals surface area contributed by atoms with E-state index in [0.29, 0.717) is 0 Å². The number of methoxy groups -OCH3 is 1. The summed E-state index contributed by atoms with van der Waals surface area (Å²) in [5, 5.41) is 21.7. The van der Waals surface area contributed by atoms with E-state index in [4.69, 9.17) is 0 Å². The van der Waals surface area contributed by atoms with Gasteiger partial charge >= 0.3 is 0 Å². The highest BCUT2D eigenvalue weighted by Gasteiger charge is 2.24. The van der Waals surface area contributed by atoms with Crippen molar-refractivity contribution in [2.75, 3.05) is 20.7 Å². The Balaban J connectivity index is 3.29. The van der Waals surface area contributed by atoms with Crippen LogP contribution in [0.3, 0.4) is 0 Å². The highest BCUT2D eigenvalue weighted by molar-refractivity contribution is 5.48. The van der Waals surface area contributed by atoms with Crippen LogP contribution in [0.1, 0.15) is 11.7 Å². The molecule has 90 valence electrons. The van der Waals surface area contributed by atoms with Crippen LogP contribution in [-0.2, 0) is 0 Å². The molecule has 1 aromatic carbocycles. The average molecular weight is 233 g/mol. The molecule has 0 spiro atoms. The lowest BCUT2D eigenvalue weighted by atomic mass is 10.1. The van der Waals surface area contributed by atoms with Gasteiger partial charge in [0, 0.05) is 12.6 Å². The Kier molecular flexibility index (Phi) is 4.03. The predicted molar refractivity (Wildman–Crippen MR) is 53.5 cm³/mol. The van der Waals surface area contributed by atoms with Crippen molar-refractivity contribution < 1.29 is 23.7 Å². The second-order valence-electron chi connectivity index (χ2n) is 3.21. The van der Waals surface area contributed by atoms with E-state index in [1.807, 2.05) is 0 Å². The fourth-order valence-corrected chi connectivity index (χ4v) is 1.37. The lowest BCUT2D eigenvalue weighted by molar-refractivity contribution is 0.166. The molecule has 4 nitrogen and oxygen atoms in total. The Morgan fingerprint density at radius 2 is 2.12 bits per heavy atom. The SMILES string of the molecule is CNCC(O)c1c(O)c(OC)cc(F)c1F. The Morgan fingerprint density at radius 3 is 2.62 bits per heavy atom. The molecule has 1 aromatic rings. The lowest BCUT2D eigenvalue weighted by Crippen LogP contribution is -2.18. The van der Waals surface area contributed by atoms with Gasteiger partial charge in [-0.2, -0.15) is 0 Å². The number of rotatable bonds is 4. The van der Waals surface area contributed by atoms with E-state index in [0.717, 1.165) is 6.07 Å². The van der Waals surface area contributed by atoms with E-state index in [1.54, 1.807) is 0 Å². The second kappa shape index (κ2) is 5.09. The summed E-state index contributed by atoms with van der Waals surface area (Å²) >= 11 is 0. The number of aromatic hydroxyl groups is 1. The number of phenols is 1. The molecule has 0 radical (unpaired) electrons. The quantitative estimate of drug-likeness (QED) is 0.724. The number of hydrogen-bond donors (Lipinski definition) is 3. The maximum Gasteiger partial charge on any atom is 0.168 e. The zero-order chi connectivity index (χ0) is 12.3. The Hall–Kier alpha value is -1.40. The first-order valence-corrected chi connectivity index (χ1v) is 4.60. The summed E-state index contributed by atoms with van der Waals surface area (Å²) in [4.78, 5) is 0. The van der Waals surface area contributed by atoms with Crippen LogP contribution in [0, 0.1) is 11.6 Å². The van der Waals surface area contributed by atoms with Crippen molar-refractivity contribution in [3.8, 4) is 11.5 Å². The predicted octanol–water partition coefficient (Wildman–Crippen LogP) is 0.932. The van der Waals surface area contributed by atoms with E-state index in [9.17, 15) is 19.0 Å². The van der Waals surface area contributed by atoms with Crippen LogP contribution in [0.4, 0.5) is 8.78 Å². The first kappa shape index (κ1) is 12.7. The van der Waals surface area contributed by atoms with Gasteiger partial charge in [0.05, 0.1) is 18.8 Å². The minimum atomic E-state index is -1.35. The van der Waals surface area contributed by atoms with E-state index in [-0.39, 0.29) is 12.3 Å². The molecule has 0 aliphatic rings. The van der Waals surface area contributed by atoms with Gasteiger partial charge in [-0.3, -0.25) is 0 Å². The van der Waals surface area contributed by atoms with Crippen LogP contribution in [0.15, 0.2) is 6.07 Å². The first-order chi connectivity index (χ1) is 7.52. The Bertz CT molecular complexity index is 385. The third-order valence-corrected chi connectivity index (χ3v) is 2.14. The molecule has 1 rings (SSSR count). The van der Waals surface area contributed by atoms with Crippen molar-refractivity contribution in [3.05, 3.63) is 23.3 Å². The number of likely N-dealkylation sites (N-methyl/N-ethyl adjacent to an activating group) is 1. The zero-order valence-corrected chi connectivity index (χ0v) is 8.92. The van der Waals surface area contributed by atoms with E-state index in [2.05, 4.69) is 10.1 Å². The fraction of sp³-hybridized carbons (Fsp3) is 0.400. The normalized spacial score (nSPS) is 12.6. The maximum absolute atomic E-state index is 13.4. The monoisotopic (exact) mass is 233 g/mol. The van der Waals surface area contributed by atoms with Gasteiger partial charge < -0.3 is 20.3 Å². The highest BCUT2D eigenvalue weighted by Crippen LogP contribution is 2.36. The number of benzene rings is 1. The van der Waals surface area contributed by atoms with Gasteiger partial charge in [0.1, 0.15) is 0 Å². The Morgan fingerprint density at radius 1 is 1.50 bits per heavy atom. The molecular weight excluding hydrogens is 220 g/mol. The van der Waals surface area contributed by atoms with E-state index >= 15 is 0 Å². The van der Waals surface area contributed by atoms with Crippen molar-refractivity contribution in [2.45, 2.75) is 6.10 Å². The number of aliphatic hydroxyl groups excluding tert-OH is 1. The molecule has 0 aliphatic carbocycles. The van der Waals surface area contributed by atoms with Crippen LogP contribution in [-0.4, -0.2) is 30.9 Å². The van der Waals surface area contributed by atoms with Crippen LogP contribution in [0.2, 0.25) is 0 Å². The highest BCUT2D eigenvalue weighted by atomic mass is 19.2. The van der Waals surface area contributed by atoms with Crippen molar-refractivity contribution >= 4 is 0 Å². The molecule has 0 aromatic heterocycles. The molecule has 3 N–H and O–H groups in total. The zero-order valence-electron chi connectivity index (χ0n) is 8.92. The average Bonchev–Trinajstić information content (AvgIpc) is 2.24. The largest absolute Gasteiger partial charge is 0.504 e. The van der Waals surface area contributed by atoms with Gasteiger partial charge in [-0.05, 0) is 7.05 Å². The van der Waals surface area contributed by atoms with Gasteiger partial charge in [-0.15, -0.1) is 0 Å². The summed E-state index contributed by atoms with van der Waals surface area (Å²) in [6, 6.07) is 0.722. The van der Waals surface area contributed by atoms with Gasteiger partial charge in [-0.1, -0.05) is 0 Å². The first-order valence-electron chi connectivity index (χ1n) is 4.60. The molecule has 1 unspecified atom stereocenters. The minimum Gasteiger partial charge on any atom is -0.504 e. The third-order valence-electron chi connectivity index (χ3n) is 2.14. The van der Waals surface area contributed by atoms with Crippen LogP contribution in [0.25, 0.3) is 0 Å². The van der Waals surface area contributed by atoms with Crippen molar-refractivity contribution in [2.24, 2.45) is 0 Å². The summed E-state index contributed by atoms with van der Waals surface area (Å²) in [5.74, 6) is -3.27. The summed E-state index contributed by atoms with van der Waals surface area (Å²) < 4.78 is 31.1. The lowest BCUT2D eigenvalue weighted by Gasteiger charge is -2.15. The number of hydrogen-bond acceptors (Lipinski definition) is 4. The minimum absolute atomic E-state index is 0.0168.